The molecule has 0 heterocycles. The van der Waals surface area contributed by atoms with Crippen LogP contribution in [0.2, 0.25) is 0 Å². The van der Waals surface area contributed by atoms with Crippen LogP contribution in [-0.2, 0) is 4.79 Å². The summed E-state index contributed by atoms with van der Waals surface area (Å²) >= 11 is 0. The van der Waals surface area contributed by atoms with Crippen LogP contribution in [0.25, 0.3) is 0 Å². The molecule has 0 aliphatic heterocycles. The molecule has 0 aliphatic carbocycles. The van der Waals surface area contributed by atoms with E-state index in [1.807, 2.05) is 32.0 Å². The lowest BCUT2D eigenvalue weighted by Gasteiger charge is -2.24. The Hall–Kier alpha value is -1.35. The average molecular weight is 236 g/mol. The van der Waals surface area contributed by atoms with Gasteiger partial charge in [0, 0.05) is 0 Å². The van der Waals surface area contributed by atoms with Gasteiger partial charge < -0.3 is 10.2 Å². The van der Waals surface area contributed by atoms with Crippen LogP contribution in [0.1, 0.15) is 36.6 Å². The Morgan fingerprint density at radius 2 is 1.82 bits per heavy atom. The Bertz CT molecular complexity index is 412. The van der Waals surface area contributed by atoms with Crippen molar-refractivity contribution in [3.63, 3.8) is 0 Å². The molecular formula is C14H20O3. The lowest BCUT2D eigenvalue weighted by molar-refractivity contribution is -0.144. The highest BCUT2D eigenvalue weighted by molar-refractivity contribution is 5.70. The molecule has 0 aliphatic rings. The van der Waals surface area contributed by atoms with Crippen molar-refractivity contribution in [2.24, 2.45) is 11.8 Å². The maximum atomic E-state index is 10.9. The van der Waals surface area contributed by atoms with E-state index < -0.39 is 18.0 Å². The number of hydrogen-bond acceptors (Lipinski definition) is 2. The van der Waals surface area contributed by atoms with E-state index in [-0.39, 0.29) is 5.92 Å². The quantitative estimate of drug-likeness (QED) is 0.845. The van der Waals surface area contributed by atoms with E-state index in [4.69, 9.17) is 5.11 Å². The molecule has 0 bridgehead atoms. The highest BCUT2D eigenvalue weighted by Crippen LogP contribution is 2.30. The van der Waals surface area contributed by atoms with E-state index in [1.165, 1.54) is 0 Å². The minimum Gasteiger partial charge on any atom is -0.481 e. The van der Waals surface area contributed by atoms with E-state index in [1.54, 1.807) is 13.8 Å². The van der Waals surface area contributed by atoms with Crippen molar-refractivity contribution < 1.29 is 15.0 Å². The van der Waals surface area contributed by atoms with Crippen LogP contribution in [0, 0.1) is 25.7 Å². The predicted molar refractivity (Wildman–Crippen MR) is 66.8 cm³/mol. The molecule has 3 heteroatoms. The number of carboxylic acids is 1. The molecule has 0 radical (unpaired) electrons. The number of aliphatic carboxylic acids is 1. The summed E-state index contributed by atoms with van der Waals surface area (Å²) in [5.74, 6) is -1.75. The Morgan fingerprint density at radius 3 is 2.35 bits per heavy atom. The number of benzene rings is 1. The largest absolute Gasteiger partial charge is 0.481 e. The van der Waals surface area contributed by atoms with Crippen molar-refractivity contribution >= 4 is 5.97 Å². The molecule has 1 aromatic carbocycles. The van der Waals surface area contributed by atoms with E-state index in [0.717, 1.165) is 16.7 Å². The number of aryl methyl sites for hydroxylation is 1. The lowest BCUT2D eigenvalue weighted by Crippen LogP contribution is -2.24. The Balaban J connectivity index is 3.00. The fourth-order valence-electron chi connectivity index (χ4n) is 1.88. The summed E-state index contributed by atoms with van der Waals surface area (Å²) in [6.45, 7) is 7.33. The predicted octanol–water partition coefficient (Wildman–Crippen LogP) is 2.69. The minimum atomic E-state index is -0.873. The van der Waals surface area contributed by atoms with E-state index >= 15 is 0 Å². The summed E-state index contributed by atoms with van der Waals surface area (Å²) in [6, 6.07) is 5.73. The van der Waals surface area contributed by atoms with Gasteiger partial charge in [-0.3, -0.25) is 4.79 Å². The number of aliphatic hydroxyl groups excluding tert-OH is 1. The van der Waals surface area contributed by atoms with Crippen molar-refractivity contribution in [3.05, 3.63) is 34.9 Å². The zero-order chi connectivity index (χ0) is 13.2. The fraction of sp³-hybridized carbons (Fsp3) is 0.500. The van der Waals surface area contributed by atoms with Gasteiger partial charge in [-0.1, -0.05) is 32.0 Å². The molecule has 1 aromatic rings. The summed E-state index contributed by atoms with van der Waals surface area (Å²) in [6.07, 6.45) is -0.735. The number of hydrogen-bond donors (Lipinski definition) is 2. The third-order valence-electron chi connectivity index (χ3n) is 3.64. The molecule has 0 amide bonds. The molecule has 1 rings (SSSR count). The van der Waals surface area contributed by atoms with Gasteiger partial charge in [-0.15, -0.1) is 0 Å². The SMILES string of the molecule is Cc1cccc(C(O)C(C)C(C)C(=O)O)c1C. The summed E-state index contributed by atoms with van der Waals surface area (Å²) in [4.78, 5) is 10.9. The van der Waals surface area contributed by atoms with Crippen LogP contribution in [0.15, 0.2) is 18.2 Å². The van der Waals surface area contributed by atoms with Gasteiger partial charge in [-0.2, -0.15) is 0 Å². The van der Waals surface area contributed by atoms with Gasteiger partial charge in [0.15, 0.2) is 0 Å². The van der Waals surface area contributed by atoms with Gasteiger partial charge in [0.05, 0.1) is 12.0 Å². The van der Waals surface area contributed by atoms with Crippen LogP contribution in [0.4, 0.5) is 0 Å². The van der Waals surface area contributed by atoms with Crippen LogP contribution < -0.4 is 0 Å². The molecule has 94 valence electrons. The maximum absolute atomic E-state index is 10.9. The molecule has 0 fully saturated rings. The first-order valence-corrected chi connectivity index (χ1v) is 5.83. The van der Waals surface area contributed by atoms with Crippen molar-refractivity contribution in [2.75, 3.05) is 0 Å². The molecule has 2 N–H and O–H groups in total. The zero-order valence-corrected chi connectivity index (χ0v) is 10.8. The highest BCUT2D eigenvalue weighted by atomic mass is 16.4. The summed E-state index contributed by atoms with van der Waals surface area (Å²) in [7, 11) is 0. The second kappa shape index (κ2) is 5.32. The molecule has 0 saturated heterocycles. The summed E-state index contributed by atoms with van der Waals surface area (Å²) in [5.41, 5.74) is 2.96. The van der Waals surface area contributed by atoms with Gasteiger partial charge in [0.2, 0.25) is 0 Å². The molecule has 3 nitrogen and oxygen atoms in total. The number of aliphatic hydroxyl groups is 1. The van der Waals surface area contributed by atoms with Crippen molar-refractivity contribution in [1.82, 2.24) is 0 Å². The lowest BCUT2D eigenvalue weighted by atomic mass is 9.85. The van der Waals surface area contributed by atoms with Gasteiger partial charge in [0.1, 0.15) is 0 Å². The van der Waals surface area contributed by atoms with Crippen LogP contribution in [0.3, 0.4) is 0 Å². The first-order valence-electron chi connectivity index (χ1n) is 5.83. The third-order valence-corrected chi connectivity index (χ3v) is 3.64. The molecule has 0 spiro atoms. The molecule has 0 saturated carbocycles. The average Bonchev–Trinajstić information content (AvgIpc) is 2.29. The van der Waals surface area contributed by atoms with Crippen molar-refractivity contribution in [3.8, 4) is 0 Å². The van der Waals surface area contributed by atoms with E-state index in [2.05, 4.69) is 0 Å². The van der Waals surface area contributed by atoms with Gasteiger partial charge >= 0.3 is 5.97 Å². The van der Waals surface area contributed by atoms with Crippen LogP contribution in [-0.4, -0.2) is 16.2 Å². The minimum absolute atomic E-state index is 0.312. The first kappa shape index (κ1) is 13.7. The van der Waals surface area contributed by atoms with Gasteiger partial charge in [0.25, 0.3) is 0 Å². The summed E-state index contributed by atoms with van der Waals surface area (Å²) in [5, 5.41) is 19.2. The fourth-order valence-corrected chi connectivity index (χ4v) is 1.88. The van der Waals surface area contributed by atoms with Crippen LogP contribution in [0.5, 0.6) is 0 Å². The van der Waals surface area contributed by atoms with Crippen molar-refractivity contribution in [1.29, 1.82) is 0 Å². The molecule has 3 atom stereocenters. The zero-order valence-electron chi connectivity index (χ0n) is 10.8. The third kappa shape index (κ3) is 2.86. The van der Waals surface area contributed by atoms with Crippen molar-refractivity contribution in [2.45, 2.75) is 33.8 Å². The molecule has 0 aromatic heterocycles. The second-order valence-corrected chi connectivity index (χ2v) is 4.72. The molecular weight excluding hydrogens is 216 g/mol. The van der Waals surface area contributed by atoms with Gasteiger partial charge in [-0.05, 0) is 36.5 Å². The van der Waals surface area contributed by atoms with E-state index in [0.29, 0.717) is 0 Å². The summed E-state index contributed by atoms with van der Waals surface area (Å²) < 4.78 is 0. The van der Waals surface area contributed by atoms with Crippen LogP contribution >= 0.6 is 0 Å². The molecule has 3 unspecified atom stereocenters. The second-order valence-electron chi connectivity index (χ2n) is 4.72. The normalized spacial score (nSPS) is 16.3. The van der Waals surface area contributed by atoms with Gasteiger partial charge in [-0.25, -0.2) is 0 Å². The Morgan fingerprint density at radius 1 is 1.24 bits per heavy atom. The number of carboxylic acid groups (broad SMARTS) is 1. The maximum Gasteiger partial charge on any atom is 0.306 e. The monoisotopic (exact) mass is 236 g/mol. The number of rotatable bonds is 4. The standard InChI is InChI=1S/C14H20O3/c1-8-6-5-7-12(9(8)2)13(15)10(3)11(4)14(16)17/h5-7,10-11,13,15H,1-4H3,(H,16,17). The highest BCUT2D eigenvalue weighted by Gasteiger charge is 2.27. The Labute approximate surface area is 102 Å². The number of carbonyl (C=O) groups is 1. The smallest absolute Gasteiger partial charge is 0.306 e. The molecule has 17 heavy (non-hydrogen) atoms. The first-order chi connectivity index (χ1) is 7.86. The topological polar surface area (TPSA) is 57.5 Å². The Kier molecular flexibility index (Phi) is 4.29. The van der Waals surface area contributed by atoms with E-state index in [9.17, 15) is 9.90 Å².